The number of hydrogen-bond donors (Lipinski definition) is 1. The number of aromatic nitrogens is 1. The molecule has 1 heterocycles. The molecule has 0 spiro atoms. The number of nitrogens with one attached hydrogen (secondary N) is 1. The molecule has 0 saturated heterocycles. The molecule has 1 fully saturated rings. The Bertz CT molecular complexity index is 444. The van der Waals surface area contributed by atoms with Crippen LogP contribution in [-0.4, -0.2) is 41.6 Å². The molecule has 0 bridgehead atoms. The third-order valence-electron chi connectivity index (χ3n) is 4.53. The summed E-state index contributed by atoms with van der Waals surface area (Å²) in [4.78, 5) is 14.6. The third-order valence-corrected chi connectivity index (χ3v) is 4.53. The lowest BCUT2D eigenvalue weighted by atomic mass is 9.90. The van der Waals surface area contributed by atoms with Crippen molar-refractivity contribution in [3.05, 3.63) is 24.0 Å². The Hall–Kier alpha value is -1.29. The van der Waals surface area contributed by atoms with Gasteiger partial charge in [0.05, 0.1) is 0 Å². The van der Waals surface area contributed by atoms with E-state index in [1.807, 2.05) is 37.3 Å². The highest BCUT2D eigenvalue weighted by Crippen LogP contribution is 2.24. The maximum Gasteiger partial charge on any atom is 0.270 e. The summed E-state index contributed by atoms with van der Waals surface area (Å²) in [5, 5.41) is 3.34. The van der Waals surface area contributed by atoms with Gasteiger partial charge in [-0.15, -0.1) is 0 Å². The van der Waals surface area contributed by atoms with Crippen molar-refractivity contribution in [2.75, 3.05) is 14.1 Å². The van der Waals surface area contributed by atoms with Crippen LogP contribution < -0.4 is 5.32 Å². The third kappa shape index (κ3) is 3.06. The fourth-order valence-electron chi connectivity index (χ4n) is 3.12. The van der Waals surface area contributed by atoms with E-state index in [2.05, 4.69) is 23.7 Å². The summed E-state index contributed by atoms with van der Waals surface area (Å²) in [6, 6.07) is 5.20. The quantitative estimate of drug-likeness (QED) is 0.918. The number of carbonyl (C=O) groups is 1. The molecule has 2 rings (SSSR count). The summed E-state index contributed by atoms with van der Waals surface area (Å²) in [7, 11) is 3.97. The SMILES string of the molecule is CNC1CCC(N(C)C(=O)c2cccn2C(C)C)CC1. The first kappa shape index (κ1) is 15.1. The Kier molecular flexibility index (Phi) is 4.86. The van der Waals surface area contributed by atoms with Gasteiger partial charge in [0.1, 0.15) is 5.69 Å². The van der Waals surface area contributed by atoms with Gasteiger partial charge in [-0.2, -0.15) is 0 Å². The maximum atomic E-state index is 12.7. The Morgan fingerprint density at radius 1 is 1.35 bits per heavy atom. The van der Waals surface area contributed by atoms with Crippen molar-refractivity contribution in [2.24, 2.45) is 0 Å². The molecule has 1 aromatic heterocycles. The van der Waals surface area contributed by atoms with Crippen LogP contribution in [0.25, 0.3) is 0 Å². The highest BCUT2D eigenvalue weighted by molar-refractivity contribution is 5.92. The van der Waals surface area contributed by atoms with E-state index in [9.17, 15) is 4.79 Å². The summed E-state index contributed by atoms with van der Waals surface area (Å²) in [5.74, 6) is 0.150. The van der Waals surface area contributed by atoms with Gasteiger partial charge in [-0.05, 0) is 58.7 Å². The highest BCUT2D eigenvalue weighted by atomic mass is 16.2. The molecule has 0 radical (unpaired) electrons. The lowest BCUT2D eigenvalue weighted by Crippen LogP contribution is -2.43. The summed E-state index contributed by atoms with van der Waals surface area (Å²) in [6.45, 7) is 4.21. The lowest BCUT2D eigenvalue weighted by Gasteiger charge is -2.34. The van der Waals surface area contributed by atoms with E-state index < -0.39 is 0 Å². The maximum absolute atomic E-state index is 12.7. The van der Waals surface area contributed by atoms with Crippen LogP contribution in [0, 0.1) is 0 Å². The zero-order valence-electron chi connectivity index (χ0n) is 13.1. The minimum atomic E-state index is 0.150. The summed E-state index contributed by atoms with van der Waals surface area (Å²) in [5.41, 5.74) is 0.804. The number of carbonyl (C=O) groups excluding carboxylic acids is 1. The van der Waals surface area contributed by atoms with Gasteiger partial charge < -0.3 is 14.8 Å². The van der Waals surface area contributed by atoms with Crippen molar-refractivity contribution >= 4 is 5.91 Å². The van der Waals surface area contributed by atoms with E-state index in [4.69, 9.17) is 0 Å². The van der Waals surface area contributed by atoms with Gasteiger partial charge in [-0.3, -0.25) is 4.79 Å². The molecule has 1 aliphatic carbocycles. The molecule has 1 N–H and O–H groups in total. The lowest BCUT2D eigenvalue weighted by molar-refractivity contribution is 0.0673. The Morgan fingerprint density at radius 3 is 2.55 bits per heavy atom. The van der Waals surface area contributed by atoms with Crippen molar-refractivity contribution in [3.8, 4) is 0 Å². The van der Waals surface area contributed by atoms with Gasteiger partial charge >= 0.3 is 0 Å². The van der Waals surface area contributed by atoms with Gasteiger partial charge in [0.25, 0.3) is 5.91 Å². The van der Waals surface area contributed by atoms with E-state index in [0.717, 1.165) is 31.4 Å². The minimum absolute atomic E-state index is 0.150. The predicted molar refractivity (Wildman–Crippen MR) is 82.0 cm³/mol. The first-order chi connectivity index (χ1) is 9.54. The molecule has 112 valence electrons. The van der Waals surface area contributed by atoms with Gasteiger partial charge in [-0.1, -0.05) is 0 Å². The van der Waals surface area contributed by atoms with Gasteiger partial charge in [0.15, 0.2) is 0 Å². The van der Waals surface area contributed by atoms with Crippen LogP contribution in [0.4, 0.5) is 0 Å². The molecule has 1 aromatic rings. The fraction of sp³-hybridized carbons (Fsp3) is 0.688. The summed E-state index contributed by atoms with van der Waals surface area (Å²) >= 11 is 0. The van der Waals surface area contributed by atoms with Crippen molar-refractivity contribution in [2.45, 2.75) is 57.7 Å². The van der Waals surface area contributed by atoms with Crippen molar-refractivity contribution in [1.82, 2.24) is 14.8 Å². The Balaban J connectivity index is 2.04. The van der Waals surface area contributed by atoms with Crippen LogP contribution in [0.2, 0.25) is 0 Å². The largest absolute Gasteiger partial charge is 0.341 e. The summed E-state index contributed by atoms with van der Waals surface area (Å²) in [6.07, 6.45) is 6.49. The first-order valence-corrected chi connectivity index (χ1v) is 7.65. The van der Waals surface area contributed by atoms with Crippen LogP contribution in [0.1, 0.15) is 56.1 Å². The van der Waals surface area contributed by atoms with E-state index in [1.54, 1.807) is 0 Å². The second-order valence-electron chi connectivity index (χ2n) is 6.10. The van der Waals surface area contributed by atoms with Gasteiger partial charge in [-0.25, -0.2) is 0 Å². The van der Waals surface area contributed by atoms with Crippen molar-refractivity contribution in [3.63, 3.8) is 0 Å². The van der Waals surface area contributed by atoms with E-state index >= 15 is 0 Å². The molecule has 0 atom stereocenters. The van der Waals surface area contributed by atoms with Crippen molar-refractivity contribution in [1.29, 1.82) is 0 Å². The van der Waals surface area contributed by atoms with E-state index in [0.29, 0.717) is 18.1 Å². The summed E-state index contributed by atoms with van der Waals surface area (Å²) < 4.78 is 2.05. The molecular formula is C16H27N3O. The average molecular weight is 277 g/mol. The molecule has 1 amide bonds. The van der Waals surface area contributed by atoms with Crippen LogP contribution in [-0.2, 0) is 0 Å². The molecule has 4 heteroatoms. The topological polar surface area (TPSA) is 37.3 Å². The van der Waals surface area contributed by atoms with Crippen LogP contribution >= 0.6 is 0 Å². The predicted octanol–water partition coefficient (Wildman–Crippen LogP) is 2.67. The average Bonchev–Trinajstić information content (AvgIpc) is 2.95. The second-order valence-corrected chi connectivity index (χ2v) is 6.10. The molecule has 4 nitrogen and oxygen atoms in total. The first-order valence-electron chi connectivity index (χ1n) is 7.65. The highest BCUT2D eigenvalue weighted by Gasteiger charge is 2.27. The Morgan fingerprint density at radius 2 is 2.00 bits per heavy atom. The number of amides is 1. The Labute approximate surface area is 122 Å². The number of hydrogen-bond acceptors (Lipinski definition) is 2. The van der Waals surface area contributed by atoms with Gasteiger partial charge in [0, 0.05) is 31.4 Å². The number of nitrogens with zero attached hydrogens (tertiary/aromatic N) is 2. The molecule has 0 unspecified atom stereocenters. The molecule has 20 heavy (non-hydrogen) atoms. The molecular weight excluding hydrogens is 250 g/mol. The van der Waals surface area contributed by atoms with Crippen LogP contribution in [0.15, 0.2) is 18.3 Å². The molecule has 0 aliphatic heterocycles. The molecule has 0 aromatic carbocycles. The zero-order chi connectivity index (χ0) is 14.7. The number of rotatable bonds is 4. The van der Waals surface area contributed by atoms with Gasteiger partial charge in [0.2, 0.25) is 0 Å². The minimum Gasteiger partial charge on any atom is -0.341 e. The monoisotopic (exact) mass is 277 g/mol. The normalized spacial score (nSPS) is 23.1. The smallest absolute Gasteiger partial charge is 0.270 e. The fourth-order valence-corrected chi connectivity index (χ4v) is 3.12. The van der Waals surface area contributed by atoms with Crippen LogP contribution in [0.3, 0.4) is 0 Å². The van der Waals surface area contributed by atoms with E-state index in [-0.39, 0.29) is 5.91 Å². The van der Waals surface area contributed by atoms with Crippen molar-refractivity contribution < 1.29 is 4.79 Å². The van der Waals surface area contributed by atoms with E-state index in [1.165, 1.54) is 0 Å². The molecule has 1 aliphatic rings. The standard InChI is InChI=1S/C16H27N3O/c1-12(2)19-11-5-6-15(19)16(20)18(4)14-9-7-13(17-3)8-10-14/h5-6,11-14,17H,7-10H2,1-4H3. The zero-order valence-corrected chi connectivity index (χ0v) is 13.1. The van der Waals surface area contributed by atoms with Crippen LogP contribution in [0.5, 0.6) is 0 Å². The molecule has 1 saturated carbocycles. The second kappa shape index (κ2) is 6.44.